The molecule has 0 bridgehead atoms. The fourth-order valence-corrected chi connectivity index (χ4v) is 1.98. The molecule has 0 aliphatic rings. The zero-order valence-electron chi connectivity index (χ0n) is 10.4. The summed E-state index contributed by atoms with van der Waals surface area (Å²) in [6.45, 7) is 1.70. The molecule has 7 heteroatoms. The maximum absolute atomic E-state index is 11.7. The molecule has 0 aliphatic heterocycles. The molecule has 1 heterocycles. The third kappa shape index (κ3) is 4.33. The predicted octanol–water partition coefficient (Wildman–Crippen LogP) is 0.288. The molecule has 0 radical (unpaired) electrons. The van der Waals surface area contributed by atoms with Gasteiger partial charge in [0, 0.05) is 31.1 Å². The van der Waals surface area contributed by atoms with Gasteiger partial charge in [-0.05, 0) is 12.1 Å². The summed E-state index contributed by atoms with van der Waals surface area (Å²) >= 11 is 0. The summed E-state index contributed by atoms with van der Waals surface area (Å²) in [5.41, 5.74) is 0.447. The van der Waals surface area contributed by atoms with Crippen LogP contribution in [-0.2, 0) is 9.84 Å². The Labute approximate surface area is 107 Å². The summed E-state index contributed by atoms with van der Waals surface area (Å²) < 4.78 is 22.5. The first-order valence-corrected chi connectivity index (χ1v) is 7.43. The number of nitrogens with one attached hydrogen (secondary N) is 2. The van der Waals surface area contributed by atoms with E-state index < -0.39 is 9.84 Å². The Bertz CT molecular complexity index is 514. The number of pyridine rings is 1. The molecule has 1 amide bonds. The van der Waals surface area contributed by atoms with Gasteiger partial charge < -0.3 is 10.6 Å². The van der Waals surface area contributed by atoms with Crippen LogP contribution < -0.4 is 10.6 Å². The predicted molar refractivity (Wildman–Crippen MR) is 70.4 cm³/mol. The number of rotatable bonds is 6. The van der Waals surface area contributed by atoms with Crippen LogP contribution in [0.4, 0.5) is 5.82 Å². The van der Waals surface area contributed by atoms with Gasteiger partial charge in [-0.2, -0.15) is 0 Å². The van der Waals surface area contributed by atoms with E-state index in [2.05, 4.69) is 15.6 Å². The standard InChI is InChI=1S/C11H17N3O3S/c1-3-18(16,17)7-6-14-11(15)9-4-5-13-10(8-9)12-2/h4-5,8H,3,6-7H2,1-2H3,(H,12,13)(H,14,15). The molecule has 1 rings (SSSR count). The minimum absolute atomic E-state index is 0.0425. The van der Waals surface area contributed by atoms with Crippen molar-refractivity contribution in [1.82, 2.24) is 10.3 Å². The molecule has 0 aromatic carbocycles. The number of carbonyl (C=O) groups is 1. The lowest BCUT2D eigenvalue weighted by Crippen LogP contribution is -2.29. The van der Waals surface area contributed by atoms with Crippen LogP contribution in [0.25, 0.3) is 0 Å². The summed E-state index contributed by atoms with van der Waals surface area (Å²) in [5, 5.41) is 5.39. The molecule has 0 unspecified atom stereocenters. The first-order valence-electron chi connectivity index (χ1n) is 5.61. The topological polar surface area (TPSA) is 88.2 Å². The van der Waals surface area contributed by atoms with Crippen LogP contribution >= 0.6 is 0 Å². The van der Waals surface area contributed by atoms with Crippen molar-refractivity contribution in [3.8, 4) is 0 Å². The minimum Gasteiger partial charge on any atom is -0.373 e. The summed E-state index contributed by atoms with van der Waals surface area (Å²) in [6.07, 6.45) is 1.52. The number of anilines is 1. The molecule has 6 nitrogen and oxygen atoms in total. The van der Waals surface area contributed by atoms with E-state index in [0.717, 1.165) is 0 Å². The van der Waals surface area contributed by atoms with E-state index >= 15 is 0 Å². The first-order chi connectivity index (χ1) is 8.48. The van der Waals surface area contributed by atoms with Crippen molar-refractivity contribution >= 4 is 21.6 Å². The second kappa shape index (κ2) is 6.34. The highest BCUT2D eigenvalue weighted by Crippen LogP contribution is 2.05. The molecule has 0 spiro atoms. The molecular formula is C11H17N3O3S. The SMILES string of the molecule is CCS(=O)(=O)CCNC(=O)c1ccnc(NC)c1. The quantitative estimate of drug-likeness (QED) is 0.776. The molecule has 0 saturated heterocycles. The highest BCUT2D eigenvalue weighted by Gasteiger charge is 2.10. The molecule has 0 fully saturated rings. The number of sulfone groups is 1. The third-order valence-corrected chi connectivity index (χ3v) is 4.12. The fourth-order valence-electron chi connectivity index (χ4n) is 1.27. The Morgan fingerprint density at radius 1 is 1.44 bits per heavy atom. The van der Waals surface area contributed by atoms with Gasteiger partial charge in [0.25, 0.3) is 5.91 Å². The van der Waals surface area contributed by atoms with Crippen molar-refractivity contribution in [2.75, 3.05) is 30.4 Å². The molecule has 0 saturated carbocycles. The Balaban J connectivity index is 2.55. The van der Waals surface area contributed by atoms with E-state index in [4.69, 9.17) is 0 Å². The number of hydrogen-bond donors (Lipinski definition) is 2. The van der Waals surface area contributed by atoms with E-state index in [-0.39, 0.29) is 24.0 Å². The van der Waals surface area contributed by atoms with Gasteiger partial charge in [0.1, 0.15) is 5.82 Å². The van der Waals surface area contributed by atoms with Gasteiger partial charge >= 0.3 is 0 Å². The highest BCUT2D eigenvalue weighted by molar-refractivity contribution is 7.91. The average molecular weight is 271 g/mol. The zero-order valence-corrected chi connectivity index (χ0v) is 11.3. The van der Waals surface area contributed by atoms with Crippen molar-refractivity contribution in [1.29, 1.82) is 0 Å². The van der Waals surface area contributed by atoms with E-state index in [9.17, 15) is 13.2 Å². The summed E-state index contributed by atoms with van der Waals surface area (Å²) in [6, 6.07) is 3.17. The largest absolute Gasteiger partial charge is 0.373 e. The molecule has 1 aromatic rings. The van der Waals surface area contributed by atoms with E-state index in [1.54, 1.807) is 26.1 Å². The number of hydrogen-bond acceptors (Lipinski definition) is 5. The number of amides is 1. The van der Waals surface area contributed by atoms with Crippen LogP contribution in [0.1, 0.15) is 17.3 Å². The maximum atomic E-state index is 11.7. The van der Waals surface area contributed by atoms with Gasteiger partial charge in [-0.25, -0.2) is 13.4 Å². The molecular weight excluding hydrogens is 254 g/mol. The van der Waals surface area contributed by atoms with Crippen molar-refractivity contribution in [2.45, 2.75) is 6.92 Å². The lowest BCUT2D eigenvalue weighted by atomic mass is 10.2. The van der Waals surface area contributed by atoms with Gasteiger partial charge in [0.15, 0.2) is 9.84 Å². The summed E-state index contributed by atoms with van der Waals surface area (Å²) in [4.78, 5) is 15.7. The van der Waals surface area contributed by atoms with E-state index in [0.29, 0.717) is 11.4 Å². The second-order valence-corrected chi connectivity index (χ2v) is 6.14. The van der Waals surface area contributed by atoms with Crippen LogP contribution in [0.3, 0.4) is 0 Å². The molecule has 2 N–H and O–H groups in total. The Morgan fingerprint density at radius 2 is 2.17 bits per heavy atom. The highest BCUT2D eigenvalue weighted by atomic mass is 32.2. The fraction of sp³-hybridized carbons (Fsp3) is 0.455. The molecule has 1 aromatic heterocycles. The number of carbonyl (C=O) groups excluding carboxylic acids is 1. The Hall–Kier alpha value is -1.63. The molecule has 0 atom stereocenters. The van der Waals surface area contributed by atoms with Crippen LogP contribution in [0, 0.1) is 0 Å². The molecule has 18 heavy (non-hydrogen) atoms. The summed E-state index contributed by atoms with van der Waals surface area (Å²) in [7, 11) is -1.34. The lowest BCUT2D eigenvalue weighted by molar-refractivity contribution is 0.0956. The van der Waals surface area contributed by atoms with Crippen molar-refractivity contribution in [3.05, 3.63) is 23.9 Å². The monoisotopic (exact) mass is 271 g/mol. The normalized spacial score (nSPS) is 11.0. The molecule has 100 valence electrons. The van der Waals surface area contributed by atoms with Crippen LogP contribution in [-0.4, -0.2) is 44.4 Å². The summed E-state index contributed by atoms with van der Waals surface area (Å²) in [5.74, 6) is 0.324. The second-order valence-electron chi connectivity index (χ2n) is 3.67. The smallest absolute Gasteiger partial charge is 0.251 e. The number of nitrogens with zero attached hydrogens (tertiary/aromatic N) is 1. The van der Waals surface area contributed by atoms with Crippen LogP contribution in [0.15, 0.2) is 18.3 Å². The zero-order chi connectivity index (χ0) is 13.6. The maximum Gasteiger partial charge on any atom is 0.251 e. The van der Waals surface area contributed by atoms with Gasteiger partial charge in [-0.1, -0.05) is 6.92 Å². The van der Waals surface area contributed by atoms with Gasteiger partial charge in [-0.3, -0.25) is 4.79 Å². The van der Waals surface area contributed by atoms with Crippen LogP contribution in [0.2, 0.25) is 0 Å². The van der Waals surface area contributed by atoms with Gasteiger partial charge in [0.05, 0.1) is 5.75 Å². The number of aromatic nitrogens is 1. The average Bonchev–Trinajstić information content (AvgIpc) is 2.38. The minimum atomic E-state index is -3.05. The Kier molecular flexibility index (Phi) is 5.08. The first kappa shape index (κ1) is 14.4. The lowest BCUT2D eigenvalue weighted by Gasteiger charge is -2.06. The third-order valence-electron chi connectivity index (χ3n) is 2.42. The van der Waals surface area contributed by atoms with Gasteiger partial charge in [0.2, 0.25) is 0 Å². The van der Waals surface area contributed by atoms with E-state index in [1.165, 1.54) is 6.20 Å². The van der Waals surface area contributed by atoms with Gasteiger partial charge in [-0.15, -0.1) is 0 Å². The van der Waals surface area contributed by atoms with Crippen molar-refractivity contribution < 1.29 is 13.2 Å². The molecule has 0 aliphatic carbocycles. The van der Waals surface area contributed by atoms with E-state index in [1.807, 2.05) is 0 Å². The van der Waals surface area contributed by atoms with Crippen molar-refractivity contribution in [3.63, 3.8) is 0 Å². The van der Waals surface area contributed by atoms with Crippen LogP contribution in [0.5, 0.6) is 0 Å². The van der Waals surface area contributed by atoms with Crippen molar-refractivity contribution in [2.24, 2.45) is 0 Å². The Morgan fingerprint density at radius 3 is 2.78 bits per heavy atom.